The summed E-state index contributed by atoms with van der Waals surface area (Å²) >= 11 is 0. The molecule has 2 fully saturated rings. The van der Waals surface area contributed by atoms with Crippen LogP contribution in [0.2, 0.25) is 0 Å². The van der Waals surface area contributed by atoms with E-state index in [1.165, 1.54) is 25.5 Å². The Morgan fingerprint density at radius 3 is 2.79 bits per heavy atom. The van der Waals surface area contributed by atoms with Gasteiger partial charge < -0.3 is 20.4 Å². The number of guanidine groups is 1. The van der Waals surface area contributed by atoms with Crippen molar-refractivity contribution in [1.29, 1.82) is 0 Å². The summed E-state index contributed by atoms with van der Waals surface area (Å²) in [6.07, 6.45) is 6.21. The number of hydrogen-bond acceptors (Lipinski definition) is 4. The van der Waals surface area contributed by atoms with Crippen LogP contribution >= 0.6 is 24.0 Å². The van der Waals surface area contributed by atoms with Crippen LogP contribution in [-0.2, 0) is 0 Å². The van der Waals surface area contributed by atoms with E-state index in [0.29, 0.717) is 30.9 Å². The molecule has 28 heavy (non-hydrogen) atoms. The van der Waals surface area contributed by atoms with Crippen molar-refractivity contribution < 1.29 is 9.21 Å². The van der Waals surface area contributed by atoms with Crippen molar-refractivity contribution >= 4 is 35.8 Å². The maximum Gasteiger partial charge on any atom is 0.287 e. The standard InChI is InChI=1S/C20H33N5O2.HI/c1-4-21-20(24-16-12-15(3)25(13-16)17-6-7-17)23-10-5-9-22-19(26)18-14(2)8-11-27-18;/h8,11,15-17H,4-7,9-10,12-13H2,1-3H3,(H,22,26)(H2,21,23,24);1H. The first-order valence-corrected chi connectivity index (χ1v) is 10.2. The van der Waals surface area contributed by atoms with E-state index in [1.807, 2.05) is 6.92 Å². The summed E-state index contributed by atoms with van der Waals surface area (Å²) < 4.78 is 5.20. The lowest BCUT2D eigenvalue weighted by Crippen LogP contribution is -2.44. The van der Waals surface area contributed by atoms with Crippen LogP contribution in [0, 0.1) is 6.92 Å². The lowest BCUT2D eigenvalue weighted by Gasteiger charge is -2.20. The third-order valence-electron chi connectivity index (χ3n) is 5.28. The Bertz CT molecular complexity index is 659. The number of hydrogen-bond donors (Lipinski definition) is 3. The zero-order chi connectivity index (χ0) is 19.2. The maximum atomic E-state index is 12.0. The molecule has 0 radical (unpaired) electrons. The van der Waals surface area contributed by atoms with Crippen LogP contribution < -0.4 is 16.0 Å². The molecule has 2 unspecified atom stereocenters. The minimum absolute atomic E-state index is 0. The lowest BCUT2D eigenvalue weighted by atomic mass is 10.2. The van der Waals surface area contributed by atoms with Crippen molar-refractivity contribution in [3.8, 4) is 0 Å². The van der Waals surface area contributed by atoms with Gasteiger partial charge in [0.05, 0.1) is 6.26 Å². The topological polar surface area (TPSA) is 81.9 Å². The smallest absolute Gasteiger partial charge is 0.287 e. The first-order valence-electron chi connectivity index (χ1n) is 10.2. The average Bonchev–Trinajstić information content (AvgIpc) is 3.28. The van der Waals surface area contributed by atoms with Gasteiger partial charge in [0.25, 0.3) is 5.91 Å². The molecule has 8 heteroatoms. The van der Waals surface area contributed by atoms with Gasteiger partial charge in [0.1, 0.15) is 0 Å². The van der Waals surface area contributed by atoms with Crippen LogP contribution in [0.1, 0.15) is 55.6 Å². The number of halogens is 1. The Morgan fingerprint density at radius 1 is 1.36 bits per heavy atom. The van der Waals surface area contributed by atoms with Crippen molar-refractivity contribution in [2.75, 3.05) is 26.2 Å². The summed E-state index contributed by atoms with van der Waals surface area (Å²) in [6.45, 7) is 9.47. The molecule has 1 amide bonds. The van der Waals surface area contributed by atoms with Crippen molar-refractivity contribution in [2.24, 2.45) is 4.99 Å². The number of nitrogens with one attached hydrogen (secondary N) is 3. The second kappa shape index (κ2) is 11.0. The largest absolute Gasteiger partial charge is 0.459 e. The number of nitrogens with zero attached hydrogens (tertiary/aromatic N) is 2. The number of aliphatic imine (C=N–C) groups is 1. The van der Waals surface area contributed by atoms with Crippen molar-refractivity contribution in [2.45, 2.75) is 64.6 Å². The van der Waals surface area contributed by atoms with Gasteiger partial charge in [-0.2, -0.15) is 0 Å². The molecule has 3 N–H and O–H groups in total. The van der Waals surface area contributed by atoms with Crippen molar-refractivity contribution in [1.82, 2.24) is 20.9 Å². The van der Waals surface area contributed by atoms with Crippen LogP contribution in [0.3, 0.4) is 0 Å². The van der Waals surface area contributed by atoms with Crippen molar-refractivity contribution in [3.05, 3.63) is 23.7 Å². The van der Waals surface area contributed by atoms with Gasteiger partial charge in [-0.1, -0.05) is 0 Å². The molecule has 1 saturated heterocycles. The number of carbonyl (C=O) groups excluding carboxylic acids is 1. The molecule has 2 atom stereocenters. The molecule has 3 rings (SSSR count). The molecule has 7 nitrogen and oxygen atoms in total. The Labute approximate surface area is 185 Å². The predicted molar refractivity (Wildman–Crippen MR) is 123 cm³/mol. The van der Waals surface area contributed by atoms with E-state index in [-0.39, 0.29) is 29.9 Å². The molecule has 1 aliphatic carbocycles. The van der Waals surface area contributed by atoms with Crippen LogP contribution in [0.25, 0.3) is 0 Å². The molecule has 1 aromatic heterocycles. The number of aryl methyl sites for hydroxylation is 1. The minimum atomic E-state index is -0.161. The highest BCUT2D eigenvalue weighted by molar-refractivity contribution is 14.0. The molecule has 158 valence electrons. The van der Waals surface area contributed by atoms with Gasteiger partial charge in [0.2, 0.25) is 0 Å². The molecule has 0 aromatic carbocycles. The Kier molecular flexibility index (Phi) is 9.07. The second-order valence-corrected chi connectivity index (χ2v) is 7.66. The van der Waals surface area contributed by atoms with Crippen LogP contribution in [-0.4, -0.2) is 61.1 Å². The summed E-state index contributed by atoms with van der Waals surface area (Å²) in [5, 5.41) is 9.80. The number of furan rings is 1. The number of likely N-dealkylation sites (tertiary alicyclic amines) is 1. The summed E-state index contributed by atoms with van der Waals surface area (Å²) in [7, 11) is 0. The highest BCUT2D eigenvalue weighted by atomic mass is 127. The molecule has 2 aliphatic rings. The van der Waals surface area contributed by atoms with E-state index in [0.717, 1.165) is 37.1 Å². The monoisotopic (exact) mass is 503 g/mol. The first-order chi connectivity index (χ1) is 13.1. The third-order valence-corrected chi connectivity index (χ3v) is 5.28. The number of carbonyl (C=O) groups is 1. The quantitative estimate of drug-likeness (QED) is 0.220. The summed E-state index contributed by atoms with van der Waals surface area (Å²) in [5.41, 5.74) is 0.857. The van der Waals surface area contributed by atoms with E-state index in [4.69, 9.17) is 4.42 Å². The van der Waals surface area contributed by atoms with Gasteiger partial charge >= 0.3 is 0 Å². The fourth-order valence-electron chi connectivity index (χ4n) is 3.75. The highest BCUT2D eigenvalue weighted by Crippen LogP contribution is 2.33. The minimum Gasteiger partial charge on any atom is -0.459 e. The van der Waals surface area contributed by atoms with Gasteiger partial charge in [0.15, 0.2) is 11.7 Å². The van der Waals surface area contributed by atoms with Gasteiger partial charge in [-0.3, -0.25) is 14.7 Å². The summed E-state index contributed by atoms with van der Waals surface area (Å²) in [6, 6.07) is 3.72. The van der Waals surface area contributed by atoms with Gasteiger partial charge in [-0.25, -0.2) is 0 Å². The summed E-state index contributed by atoms with van der Waals surface area (Å²) in [5.74, 6) is 1.11. The van der Waals surface area contributed by atoms with Gasteiger partial charge in [-0.05, 0) is 52.5 Å². The second-order valence-electron chi connectivity index (χ2n) is 7.66. The van der Waals surface area contributed by atoms with Gasteiger partial charge in [-0.15, -0.1) is 24.0 Å². The first kappa shape index (κ1) is 23.0. The van der Waals surface area contributed by atoms with Crippen molar-refractivity contribution in [3.63, 3.8) is 0 Å². The van der Waals surface area contributed by atoms with E-state index < -0.39 is 0 Å². The maximum absolute atomic E-state index is 12.0. The van der Waals surface area contributed by atoms with Gasteiger partial charge in [0, 0.05) is 49.9 Å². The molecular weight excluding hydrogens is 469 g/mol. The molecule has 1 aliphatic heterocycles. The molecule has 1 saturated carbocycles. The molecule has 2 heterocycles. The molecule has 0 bridgehead atoms. The lowest BCUT2D eigenvalue weighted by molar-refractivity contribution is 0.0925. The van der Waals surface area contributed by atoms with E-state index >= 15 is 0 Å². The van der Waals surface area contributed by atoms with E-state index in [9.17, 15) is 4.79 Å². The summed E-state index contributed by atoms with van der Waals surface area (Å²) in [4.78, 5) is 19.3. The normalized spacial score (nSPS) is 22.6. The van der Waals surface area contributed by atoms with E-state index in [2.05, 4.69) is 39.7 Å². The fraction of sp³-hybridized carbons (Fsp3) is 0.700. The SMILES string of the molecule is CCNC(=NCCCNC(=O)c1occc1C)NC1CC(C)N(C2CC2)C1.I. The Morgan fingerprint density at radius 2 is 2.14 bits per heavy atom. The zero-order valence-electron chi connectivity index (χ0n) is 17.2. The Balaban J connectivity index is 0.00000280. The van der Waals surface area contributed by atoms with Crippen LogP contribution in [0.5, 0.6) is 0 Å². The van der Waals surface area contributed by atoms with Crippen LogP contribution in [0.4, 0.5) is 0 Å². The predicted octanol–water partition coefficient (Wildman–Crippen LogP) is 2.51. The van der Waals surface area contributed by atoms with Crippen LogP contribution in [0.15, 0.2) is 21.7 Å². The van der Waals surface area contributed by atoms with E-state index in [1.54, 1.807) is 6.07 Å². The molecular formula is C20H34IN5O2. The molecule has 0 spiro atoms. The number of amides is 1. The fourth-order valence-corrected chi connectivity index (χ4v) is 3.75. The highest BCUT2D eigenvalue weighted by Gasteiger charge is 2.38. The molecule has 1 aromatic rings. The third kappa shape index (κ3) is 6.37. The zero-order valence-corrected chi connectivity index (χ0v) is 19.5. The Hall–Kier alpha value is -1.29. The number of rotatable bonds is 8. The average molecular weight is 503 g/mol.